The molecular weight excluding hydrogens is 216 g/mol. The third-order valence-corrected chi connectivity index (χ3v) is 2.87. The van der Waals surface area contributed by atoms with E-state index in [4.69, 9.17) is 5.73 Å². The van der Waals surface area contributed by atoms with Gasteiger partial charge in [-0.3, -0.25) is 10.1 Å². The van der Waals surface area contributed by atoms with Crippen LogP contribution in [0.2, 0.25) is 0 Å². The number of imidazole rings is 1. The summed E-state index contributed by atoms with van der Waals surface area (Å²) in [5, 5.41) is 2.69. The summed E-state index contributed by atoms with van der Waals surface area (Å²) < 4.78 is 0. The number of fused-ring (bicyclic) bond motifs is 1. The van der Waals surface area contributed by atoms with Gasteiger partial charge in [0.1, 0.15) is 0 Å². The Morgan fingerprint density at radius 1 is 1.53 bits per heavy atom. The molecule has 0 spiro atoms. The highest BCUT2D eigenvalue weighted by Gasteiger charge is 2.26. The minimum absolute atomic E-state index is 0.237. The molecular formula is C12H16N4O. The summed E-state index contributed by atoms with van der Waals surface area (Å²) in [5.41, 5.74) is 6.68. The quantitative estimate of drug-likeness (QED) is 0.752. The maximum Gasteiger partial charge on any atom is 0.246 e. The van der Waals surface area contributed by atoms with E-state index in [-0.39, 0.29) is 5.91 Å². The van der Waals surface area contributed by atoms with E-state index in [1.807, 2.05) is 31.2 Å². The molecule has 5 heteroatoms. The van der Waals surface area contributed by atoms with Crippen molar-refractivity contribution < 1.29 is 4.79 Å². The molecule has 4 N–H and O–H groups in total. The molecule has 0 radical (unpaired) electrons. The standard InChI is InChI=1S/C12H16N4O/c1-3-12(2,13)10(17)16-11-14-8-6-4-5-7-9(8)15-11/h4-7H,3,13H2,1-2H3,(H2,14,15,16,17). The molecule has 1 atom stereocenters. The summed E-state index contributed by atoms with van der Waals surface area (Å²) in [5.74, 6) is 0.195. The number of hydrogen-bond acceptors (Lipinski definition) is 3. The van der Waals surface area contributed by atoms with Gasteiger partial charge in [0.2, 0.25) is 11.9 Å². The van der Waals surface area contributed by atoms with Crippen LogP contribution in [-0.4, -0.2) is 21.4 Å². The average molecular weight is 232 g/mol. The molecule has 5 nitrogen and oxygen atoms in total. The molecule has 0 fully saturated rings. The molecule has 1 unspecified atom stereocenters. The Hall–Kier alpha value is -1.88. The minimum atomic E-state index is -0.876. The van der Waals surface area contributed by atoms with Crippen molar-refractivity contribution in [2.75, 3.05) is 5.32 Å². The summed E-state index contributed by atoms with van der Waals surface area (Å²) in [6.45, 7) is 3.57. The van der Waals surface area contributed by atoms with Crippen LogP contribution >= 0.6 is 0 Å². The number of nitrogens with zero attached hydrogens (tertiary/aromatic N) is 1. The van der Waals surface area contributed by atoms with Crippen LogP contribution in [0.15, 0.2) is 24.3 Å². The zero-order valence-electron chi connectivity index (χ0n) is 9.95. The van der Waals surface area contributed by atoms with E-state index < -0.39 is 5.54 Å². The fourth-order valence-electron chi connectivity index (χ4n) is 1.42. The van der Waals surface area contributed by atoms with E-state index in [1.165, 1.54) is 0 Å². The van der Waals surface area contributed by atoms with E-state index in [2.05, 4.69) is 15.3 Å². The monoisotopic (exact) mass is 232 g/mol. The van der Waals surface area contributed by atoms with E-state index >= 15 is 0 Å². The van der Waals surface area contributed by atoms with Crippen molar-refractivity contribution in [3.63, 3.8) is 0 Å². The van der Waals surface area contributed by atoms with Crippen LogP contribution in [0.5, 0.6) is 0 Å². The van der Waals surface area contributed by atoms with Crippen molar-refractivity contribution in [1.82, 2.24) is 9.97 Å². The summed E-state index contributed by atoms with van der Waals surface area (Å²) in [7, 11) is 0. The average Bonchev–Trinajstić information content (AvgIpc) is 2.70. The van der Waals surface area contributed by atoms with Crippen LogP contribution in [0.1, 0.15) is 20.3 Å². The smallest absolute Gasteiger partial charge is 0.246 e. The van der Waals surface area contributed by atoms with Crippen LogP contribution in [0.25, 0.3) is 11.0 Å². The Labute approximate surface area is 99.4 Å². The van der Waals surface area contributed by atoms with Crippen LogP contribution in [0.4, 0.5) is 5.95 Å². The first-order valence-electron chi connectivity index (χ1n) is 5.58. The van der Waals surface area contributed by atoms with Crippen molar-refractivity contribution in [3.8, 4) is 0 Å². The van der Waals surface area contributed by atoms with Crippen LogP contribution < -0.4 is 11.1 Å². The molecule has 1 heterocycles. The molecule has 1 amide bonds. The Bertz CT molecular complexity index is 511. The number of nitrogens with one attached hydrogen (secondary N) is 2. The fourth-order valence-corrected chi connectivity index (χ4v) is 1.42. The first-order valence-corrected chi connectivity index (χ1v) is 5.58. The SMILES string of the molecule is CCC(C)(N)C(=O)Nc1nc2ccccc2[nH]1. The molecule has 1 aromatic carbocycles. The van der Waals surface area contributed by atoms with Crippen LogP contribution in [-0.2, 0) is 4.79 Å². The fraction of sp³-hybridized carbons (Fsp3) is 0.333. The van der Waals surface area contributed by atoms with Crippen molar-refractivity contribution in [1.29, 1.82) is 0 Å². The molecule has 0 aliphatic carbocycles. The first kappa shape index (κ1) is 11.6. The van der Waals surface area contributed by atoms with E-state index in [1.54, 1.807) is 6.92 Å². The summed E-state index contributed by atoms with van der Waals surface area (Å²) >= 11 is 0. The zero-order valence-corrected chi connectivity index (χ0v) is 9.95. The molecule has 0 saturated heterocycles. The van der Waals surface area contributed by atoms with Gasteiger partial charge in [0.05, 0.1) is 16.6 Å². The van der Waals surface area contributed by atoms with Crippen molar-refractivity contribution >= 4 is 22.9 Å². The number of aromatic amines is 1. The van der Waals surface area contributed by atoms with E-state index in [0.29, 0.717) is 12.4 Å². The minimum Gasteiger partial charge on any atom is -0.324 e. The van der Waals surface area contributed by atoms with Gasteiger partial charge in [-0.2, -0.15) is 0 Å². The molecule has 0 aliphatic rings. The predicted octanol–water partition coefficient (Wildman–Crippen LogP) is 1.63. The topological polar surface area (TPSA) is 83.8 Å². The highest BCUT2D eigenvalue weighted by Crippen LogP contribution is 2.15. The lowest BCUT2D eigenvalue weighted by molar-refractivity contribution is -0.120. The molecule has 2 aromatic rings. The second-order valence-corrected chi connectivity index (χ2v) is 4.33. The number of carbonyl (C=O) groups is 1. The number of H-pyrrole nitrogens is 1. The highest BCUT2D eigenvalue weighted by molar-refractivity contribution is 5.97. The number of hydrogen-bond donors (Lipinski definition) is 3. The molecule has 17 heavy (non-hydrogen) atoms. The first-order chi connectivity index (χ1) is 8.03. The maximum absolute atomic E-state index is 11.8. The lowest BCUT2D eigenvalue weighted by Crippen LogP contribution is -2.47. The van der Waals surface area contributed by atoms with Crippen molar-refractivity contribution in [3.05, 3.63) is 24.3 Å². The number of amides is 1. The van der Waals surface area contributed by atoms with Gasteiger partial charge in [0, 0.05) is 0 Å². The number of nitrogens with two attached hydrogens (primary N) is 1. The largest absolute Gasteiger partial charge is 0.324 e. The van der Waals surface area contributed by atoms with Crippen LogP contribution in [0.3, 0.4) is 0 Å². The molecule has 0 aliphatic heterocycles. The van der Waals surface area contributed by atoms with E-state index in [0.717, 1.165) is 11.0 Å². The third kappa shape index (κ3) is 2.29. The number of rotatable bonds is 3. The number of aromatic nitrogens is 2. The lowest BCUT2D eigenvalue weighted by Gasteiger charge is -2.20. The van der Waals surface area contributed by atoms with Gasteiger partial charge in [-0.15, -0.1) is 0 Å². The van der Waals surface area contributed by atoms with Gasteiger partial charge in [-0.1, -0.05) is 19.1 Å². The van der Waals surface area contributed by atoms with Gasteiger partial charge in [-0.05, 0) is 25.5 Å². The predicted molar refractivity (Wildman–Crippen MR) is 67.6 cm³/mol. The Kier molecular flexibility index (Phi) is 2.85. The molecule has 0 bridgehead atoms. The summed E-state index contributed by atoms with van der Waals surface area (Å²) in [6, 6.07) is 7.58. The second kappa shape index (κ2) is 4.18. The molecule has 0 saturated carbocycles. The zero-order chi connectivity index (χ0) is 12.5. The highest BCUT2D eigenvalue weighted by atomic mass is 16.2. The van der Waals surface area contributed by atoms with Gasteiger partial charge in [0.25, 0.3) is 0 Å². The number of para-hydroxylation sites is 2. The van der Waals surface area contributed by atoms with Crippen LogP contribution in [0, 0.1) is 0 Å². The Balaban J connectivity index is 2.22. The second-order valence-electron chi connectivity index (χ2n) is 4.33. The van der Waals surface area contributed by atoms with Crippen molar-refractivity contribution in [2.45, 2.75) is 25.8 Å². The lowest BCUT2D eigenvalue weighted by atomic mass is 10.00. The molecule has 1 aromatic heterocycles. The molecule has 2 rings (SSSR count). The number of carbonyl (C=O) groups excluding carboxylic acids is 1. The Morgan fingerprint density at radius 2 is 2.24 bits per heavy atom. The molecule has 90 valence electrons. The van der Waals surface area contributed by atoms with Gasteiger partial charge in [0.15, 0.2) is 0 Å². The summed E-state index contributed by atoms with van der Waals surface area (Å²) in [6.07, 6.45) is 0.569. The number of benzene rings is 1. The van der Waals surface area contributed by atoms with Crippen molar-refractivity contribution in [2.24, 2.45) is 5.73 Å². The number of anilines is 1. The van der Waals surface area contributed by atoms with Gasteiger partial charge >= 0.3 is 0 Å². The Morgan fingerprint density at radius 3 is 2.88 bits per heavy atom. The maximum atomic E-state index is 11.8. The third-order valence-electron chi connectivity index (χ3n) is 2.87. The van der Waals surface area contributed by atoms with Gasteiger partial charge in [-0.25, -0.2) is 4.98 Å². The normalized spacial score (nSPS) is 14.5. The summed E-state index contributed by atoms with van der Waals surface area (Å²) in [4.78, 5) is 19.1. The van der Waals surface area contributed by atoms with E-state index in [9.17, 15) is 4.79 Å². The van der Waals surface area contributed by atoms with Gasteiger partial charge < -0.3 is 10.7 Å².